The minimum Gasteiger partial charge on any atom is -0.342 e. The maximum Gasteiger partial charge on any atom is 0.230 e. The summed E-state index contributed by atoms with van der Waals surface area (Å²) in [6.07, 6.45) is 5.76. The highest BCUT2D eigenvalue weighted by Crippen LogP contribution is 2.26. The second kappa shape index (κ2) is 8.50. The maximum absolute atomic E-state index is 12.9. The summed E-state index contributed by atoms with van der Waals surface area (Å²) in [7, 11) is 0. The van der Waals surface area contributed by atoms with Gasteiger partial charge < -0.3 is 9.80 Å². The Morgan fingerprint density at radius 2 is 1.84 bits per heavy atom. The molecule has 3 rings (SSSR count). The van der Waals surface area contributed by atoms with Gasteiger partial charge in [-0.15, -0.1) is 0 Å². The molecule has 1 unspecified atom stereocenters. The summed E-state index contributed by atoms with van der Waals surface area (Å²) in [5.74, 6) is 1.10. The molecule has 0 aromatic heterocycles. The first-order chi connectivity index (χ1) is 12.2. The number of amides is 2. The number of piperidine rings is 2. The monoisotopic (exact) mass is 342 g/mol. The molecule has 25 heavy (non-hydrogen) atoms. The number of nitrogens with zero attached hydrogens (tertiary/aromatic N) is 2. The molecule has 0 saturated carbocycles. The van der Waals surface area contributed by atoms with Crippen LogP contribution in [0, 0.1) is 5.92 Å². The van der Waals surface area contributed by atoms with Crippen LogP contribution < -0.4 is 0 Å². The van der Waals surface area contributed by atoms with Crippen LogP contribution in [0.15, 0.2) is 30.3 Å². The molecule has 1 atom stereocenters. The highest BCUT2D eigenvalue weighted by molar-refractivity contribution is 5.83. The summed E-state index contributed by atoms with van der Waals surface area (Å²) in [5.41, 5.74) is 1.12. The van der Waals surface area contributed by atoms with Crippen molar-refractivity contribution in [1.29, 1.82) is 0 Å². The largest absolute Gasteiger partial charge is 0.342 e. The Morgan fingerprint density at radius 1 is 1.12 bits per heavy atom. The number of likely N-dealkylation sites (tertiary alicyclic amines) is 2. The van der Waals surface area contributed by atoms with Gasteiger partial charge >= 0.3 is 0 Å². The molecule has 1 aromatic carbocycles. The predicted molar refractivity (Wildman–Crippen MR) is 99.2 cm³/mol. The molecule has 2 saturated heterocycles. The predicted octanol–water partition coefficient (Wildman–Crippen LogP) is 3.43. The van der Waals surface area contributed by atoms with Crippen molar-refractivity contribution in [2.45, 2.75) is 51.4 Å². The third kappa shape index (κ3) is 4.42. The minimum atomic E-state index is -0.0265. The van der Waals surface area contributed by atoms with Gasteiger partial charge in [-0.3, -0.25) is 9.59 Å². The molecule has 0 bridgehead atoms. The first-order valence-corrected chi connectivity index (χ1v) is 9.80. The minimum absolute atomic E-state index is 0.0265. The number of rotatable bonds is 5. The zero-order valence-electron chi connectivity index (χ0n) is 15.3. The SMILES string of the molecule is CCC(C(=O)N1CCC(CN2CCCCC2=O)CC1)c1ccccc1. The molecule has 136 valence electrons. The number of hydrogen-bond acceptors (Lipinski definition) is 2. The van der Waals surface area contributed by atoms with Crippen LogP contribution in [0.5, 0.6) is 0 Å². The fraction of sp³-hybridized carbons (Fsp3) is 0.619. The first-order valence-electron chi connectivity index (χ1n) is 9.80. The first kappa shape index (κ1) is 18.0. The molecule has 2 heterocycles. The van der Waals surface area contributed by atoms with Crippen LogP contribution in [-0.2, 0) is 9.59 Å². The van der Waals surface area contributed by atoms with Gasteiger partial charge in [0.1, 0.15) is 0 Å². The van der Waals surface area contributed by atoms with E-state index in [1.54, 1.807) is 0 Å². The van der Waals surface area contributed by atoms with Gasteiger partial charge in [-0.1, -0.05) is 37.3 Å². The van der Waals surface area contributed by atoms with E-state index in [2.05, 4.69) is 19.1 Å². The van der Waals surface area contributed by atoms with E-state index in [0.29, 0.717) is 18.2 Å². The van der Waals surface area contributed by atoms with E-state index < -0.39 is 0 Å². The zero-order valence-corrected chi connectivity index (χ0v) is 15.3. The average molecular weight is 342 g/mol. The molecule has 0 aliphatic carbocycles. The Kier molecular flexibility index (Phi) is 6.11. The van der Waals surface area contributed by atoms with Crippen LogP contribution in [0.25, 0.3) is 0 Å². The summed E-state index contributed by atoms with van der Waals surface area (Å²) >= 11 is 0. The molecule has 2 fully saturated rings. The van der Waals surface area contributed by atoms with Crippen molar-refractivity contribution in [3.8, 4) is 0 Å². The molecular weight excluding hydrogens is 312 g/mol. The van der Waals surface area contributed by atoms with Gasteiger partial charge in [0, 0.05) is 32.6 Å². The van der Waals surface area contributed by atoms with E-state index in [0.717, 1.165) is 63.8 Å². The molecule has 4 heteroatoms. The van der Waals surface area contributed by atoms with Gasteiger partial charge in [0.05, 0.1) is 5.92 Å². The van der Waals surface area contributed by atoms with Gasteiger partial charge in [0.15, 0.2) is 0 Å². The van der Waals surface area contributed by atoms with Crippen LogP contribution in [-0.4, -0.2) is 47.8 Å². The Morgan fingerprint density at radius 3 is 2.48 bits per heavy atom. The Balaban J connectivity index is 1.52. The molecule has 2 amide bonds. The zero-order chi connectivity index (χ0) is 17.6. The van der Waals surface area contributed by atoms with Crippen LogP contribution in [0.2, 0.25) is 0 Å². The molecule has 2 aliphatic rings. The second-order valence-corrected chi connectivity index (χ2v) is 7.44. The van der Waals surface area contributed by atoms with Crippen LogP contribution >= 0.6 is 0 Å². The summed E-state index contributed by atoms with van der Waals surface area (Å²) < 4.78 is 0. The number of hydrogen-bond donors (Lipinski definition) is 0. The highest BCUT2D eigenvalue weighted by atomic mass is 16.2. The molecular formula is C21H30N2O2. The third-order valence-corrected chi connectivity index (χ3v) is 5.73. The van der Waals surface area contributed by atoms with Crippen molar-refractivity contribution >= 4 is 11.8 Å². The molecule has 2 aliphatic heterocycles. The van der Waals surface area contributed by atoms with E-state index in [9.17, 15) is 9.59 Å². The molecule has 0 radical (unpaired) electrons. The van der Waals surface area contributed by atoms with Crippen LogP contribution in [0.4, 0.5) is 0 Å². The van der Waals surface area contributed by atoms with Gasteiger partial charge in [0.2, 0.25) is 11.8 Å². The summed E-state index contributed by atoms with van der Waals surface area (Å²) in [6.45, 7) is 5.55. The number of carbonyl (C=O) groups excluding carboxylic acids is 2. The van der Waals surface area contributed by atoms with Gasteiger partial charge in [-0.25, -0.2) is 0 Å². The Labute approximate surface area is 151 Å². The van der Waals surface area contributed by atoms with E-state index in [1.165, 1.54) is 0 Å². The maximum atomic E-state index is 12.9. The molecule has 4 nitrogen and oxygen atoms in total. The van der Waals surface area contributed by atoms with E-state index in [-0.39, 0.29) is 11.8 Å². The second-order valence-electron chi connectivity index (χ2n) is 7.44. The third-order valence-electron chi connectivity index (χ3n) is 5.73. The fourth-order valence-corrected chi connectivity index (χ4v) is 4.16. The summed E-state index contributed by atoms with van der Waals surface area (Å²) in [6, 6.07) is 10.1. The van der Waals surface area contributed by atoms with E-state index in [4.69, 9.17) is 0 Å². The van der Waals surface area contributed by atoms with Crippen molar-refractivity contribution in [2.75, 3.05) is 26.2 Å². The van der Waals surface area contributed by atoms with Crippen molar-refractivity contribution in [3.05, 3.63) is 35.9 Å². The van der Waals surface area contributed by atoms with Gasteiger partial charge in [0.25, 0.3) is 0 Å². The van der Waals surface area contributed by atoms with Crippen molar-refractivity contribution in [3.63, 3.8) is 0 Å². The van der Waals surface area contributed by atoms with E-state index in [1.807, 2.05) is 28.0 Å². The molecule has 1 aromatic rings. The topological polar surface area (TPSA) is 40.6 Å². The van der Waals surface area contributed by atoms with Crippen molar-refractivity contribution in [2.24, 2.45) is 5.92 Å². The van der Waals surface area contributed by atoms with E-state index >= 15 is 0 Å². The Bertz CT molecular complexity index is 579. The lowest BCUT2D eigenvalue weighted by Crippen LogP contribution is -2.45. The highest BCUT2D eigenvalue weighted by Gasteiger charge is 2.30. The lowest BCUT2D eigenvalue weighted by Gasteiger charge is -2.37. The number of benzene rings is 1. The lowest BCUT2D eigenvalue weighted by molar-refractivity contribution is -0.137. The summed E-state index contributed by atoms with van der Waals surface area (Å²) in [5, 5.41) is 0. The normalized spacial score (nSPS) is 20.6. The van der Waals surface area contributed by atoms with Gasteiger partial charge in [-0.2, -0.15) is 0 Å². The number of carbonyl (C=O) groups is 2. The van der Waals surface area contributed by atoms with Crippen molar-refractivity contribution in [1.82, 2.24) is 9.80 Å². The average Bonchev–Trinajstić information content (AvgIpc) is 2.66. The lowest BCUT2D eigenvalue weighted by atomic mass is 9.91. The van der Waals surface area contributed by atoms with Gasteiger partial charge in [-0.05, 0) is 43.6 Å². The Hall–Kier alpha value is -1.84. The smallest absolute Gasteiger partial charge is 0.230 e. The van der Waals surface area contributed by atoms with Crippen LogP contribution in [0.3, 0.4) is 0 Å². The fourth-order valence-electron chi connectivity index (χ4n) is 4.16. The molecule has 0 spiro atoms. The van der Waals surface area contributed by atoms with Crippen molar-refractivity contribution < 1.29 is 9.59 Å². The van der Waals surface area contributed by atoms with Crippen LogP contribution in [0.1, 0.15) is 56.9 Å². The standard InChI is InChI=1S/C21H30N2O2/c1-2-19(18-8-4-3-5-9-18)21(25)22-14-11-17(12-15-22)16-23-13-7-6-10-20(23)24/h3-5,8-9,17,19H,2,6-7,10-16H2,1H3. The summed E-state index contributed by atoms with van der Waals surface area (Å²) in [4.78, 5) is 29.0. The quantitative estimate of drug-likeness (QED) is 0.822. The molecule has 0 N–H and O–H groups in total.